The minimum Gasteiger partial charge on any atom is -0.468 e. The highest BCUT2D eigenvalue weighted by Crippen LogP contribution is 2.35. The standard InChI is InChI=1S/C19H17ClN2O3S2/c1-25-15(23)10-26-19-21-17-16(13-4-2-3-5-14(13)27-17)18(24)22(19)12-8-6-11(20)7-9-12/h6-9H,2-5,10H2,1H3. The molecule has 27 heavy (non-hydrogen) atoms. The molecular formula is C19H17ClN2O3S2. The first kappa shape index (κ1) is 18.5. The van der Waals surface area contributed by atoms with Crippen molar-refractivity contribution in [3.05, 3.63) is 50.1 Å². The number of thioether (sulfide) groups is 1. The molecule has 0 atom stereocenters. The predicted molar refractivity (Wildman–Crippen MR) is 110 cm³/mol. The molecule has 0 N–H and O–H groups in total. The van der Waals surface area contributed by atoms with Gasteiger partial charge in [0.05, 0.1) is 23.9 Å². The fraction of sp³-hybridized carbons (Fsp3) is 0.316. The average Bonchev–Trinajstić information content (AvgIpc) is 3.05. The number of halogens is 1. The van der Waals surface area contributed by atoms with Crippen molar-refractivity contribution in [2.24, 2.45) is 0 Å². The van der Waals surface area contributed by atoms with Crippen LogP contribution in [-0.2, 0) is 22.4 Å². The van der Waals surface area contributed by atoms with Gasteiger partial charge in [0, 0.05) is 9.90 Å². The summed E-state index contributed by atoms with van der Waals surface area (Å²) in [6, 6.07) is 7.06. The lowest BCUT2D eigenvalue weighted by molar-refractivity contribution is -0.137. The van der Waals surface area contributed by atoms with E-state index >= 15 is 0 Å². The lowest BCUT2D eigenvalue weighted by atomic mass is 9.97. The van der Waals surface area contributed by atoms with Crippen molar-refractivity contribution in [1.82, 2.24) is 9.55 Å². The summed E-state index contributed by atoms with van der Waals surface area (Å²) in [7, 11) is 1.35. The zero-order valence-electron chi connectivity index (χ0n) is 14.7. The normalized spacial score (nSPS) is 13.6. The summed E-state index contributed by atoms with van der Waals surface area (Å²) < 4.78 is 6.30. The van der Waals surface area contributed by atoms with Crippen molar-refractivity contribution in [3.8, 4) is 5.69 Å². The summed E-state index contributed by atoms with van der Waals surface area (Å²) in [6.45, 7) is 0. The minimum atomic E-state index is -0.359. The number of nitrogens with zero attached hydrogens (tertiary/aromatic N) is 2. The first-order valence-corrected chi connectivity index (χ1v) is 10.8. The Bertz CT molecular complexity index is 1070. The highest BCUT2D eigenvalue weighted by Gasteiger charge is 2.23. The van der Waals surface area contributed by atoms with Gasteiger partial charge in [-0.25, -0.2) is 4.98 Å². The van der Waals surface area contributed by atoms with E-state index in [0.29, 0.717) is 21.3 Å². The maximum atomic E-state index is 13.4. The monoisotopic (exact) mass is 420 g/mol. The molecule has 140 valence electrons. The third-order valence-electron chi connectivity index (χ3n) is 4.59. The van der Waals surface area contributed by atoms with Crippen molar-refractivity contribution >= 4 is 50.9 Å². The summed E-state index contributed by atoms with van der Waals surface area (Å²) in [5.74, 6) is -0.268. The molecule has 0 fully saturated rings. The fourth-order valence-electron chi connectivity index (χ4n) is 3.28. The number of carbonyl (C=O) groups excluding carboxylic acids is 1. The van der Waals surface area contributed by atoms with Gasteiger partial charge in [0.25, 0.3) is 5.56 Å². The van der Waals surface area contributed by atoms with E-state index in [1.807, 2.05) is 0 Å². The Balaban J connectivity index is 1.93. The van der Waals surface area contributed by atoms with Gasteiger partial charge in [-0.1, -0.05) is 23.4 Å². The quantitative estimate of drug-likeness (QED) is 0.359. The van der Waals surface area contributed by atoms with Gasteiger partial charge in [0.2, 0.25) is 0 Å². The number of esters is 1. The minimum absolute atomic E-state index is 0.0888. The Morgan fingerprint density at radius 3 is 2.78 bits per heavy atom. The van der Waals surface area contributed by atoms with E-state index in [0.717, 1.165) is 36.1 Å². The first-order chi connectivity index (χ1) is 13.1. The van der Waals surface area contributed by atoms with E-state index in [2.05, 4.69) is 0 Å². The van der Waals surface area contributed by atoms with Crippen LogP contribution in [0, 0.1) is 0 Å². The van der Waals surface area contributed by atoms with E-state index in [1.165, 1.54) is 23.7 Å². The van der Waals surface area contributed by atoms with Gasteiger partial charge >= 0.3 is 5.97 Å². The second-order valence-corrected chi connectivity index (χ2v) is 8.73. The van der Waals surface area contributed by atoms with Crippen LogP contribution in [0.5, 0.6) is 0 Å². The molecule has 0 bridgehead atoms. The van der Waals surface area contributed by atoms with Crippen LogP contribution in [0.3, 0.4) is 0 Å². The average molecular weight is 421 g/mol. The highest BCUT2D eigenvalue weighted by molar-refractivity contribution is 7.99. The number of hydrogen-bond acceptors (Lipinski definition) is 6. The van der Waals surface area contributed by atoms with Crippen LogP contribution in [0.1, 0.15) is 23.3 Å². The Hall–Kier alpha value is -1.83. The predicted octanol–water partition coefficient (Wildman–Crippen LogP) is 4.24. The maximum Gasteiger partial charge on any atom is 0.316 e. The molecule has 1 aliphatic carbocycles. The topological polar surface area (TPSA) is 61.2 Å². The number of benzene rings is 1. The zero-order valence-corrected chi connectivity index (χ0v) is 17.0. The summed E-state index contributed by atoms with van der Waals surface area (Å²) in [6.07, 6.45) is 4.16. The van der Waals surface area contributed by atoms with Gasteiger partial charge in [0.15, 0.2) is 5.16 Å². The number of fused-ring (bicyclic) bond motifs is 3. The molecule has 0 unspecified atom stereocenters. The fourth-order valence-corrected chi connectivity index (χ4v) is 5.56. The van der Waals surface area contributed by atoms with E-state index in [-0.39, 0.29) is 17.3 Å². The molecule has 0 radical (unpaired) electrons. The van der Waals surface area contributed by atoms with Gasteiger partial charge in [0.1, 0.15) is 4.83 Å². The molecule has 0 aliphatic heterocycles. The Morgan fingerprint density at radius 1 is 1.30 bits per heavy atom. The van der Waals surface area contributed by atoms with Gasteiger partial charge in [-0.05, 0) is 55.5 Å². The summed E-state index contributed by atoms with van der Waals surface area (Å²) in [4.78, 5) is 31.8. The van der Waals surface area contributed by atoms with Crippen LogP contribution in [0.4, 0.5) is 0 Å². The summed E-state index contributed by atoms with van der Waals surface area (Å²) in [5, 5.41) is 1.79. The number of hydrogen-bond donors (Lipinski definition) is 0. The number of ether oxygens (including phenoxy) is 1. The van der Waals surface area contributed by atoms with Crippen LogP contribution in [0.15, 0.2) is 34.2 Å². The smallest absolute Gasteiger partial charge is 0.316 e. The van der Waals surface area contributed by atoms with E-state index in [9.17, 15) is 9.59 Å². The van der Waals surface area contributed by atoms with Gasteiger partial charge in [-0.2, -0.15) is 0 Å². The van der Waals surface area contributed by atoms with E-state index < -0.39 is 0 Å². The van der Waals surface area contributed by atoms with Crippen LogP contribution in [0.2, 0.25) is 5.02 Å². The largest absolute Gasteiger partial charge is 0.468 e. The molecule has 0 spiro atoms. The second-order valence-electron chi connectivity index (χ2n) is 6.27. The maximum absolute atomic E-state index is 13.4. The Labute approximate surface area is 169 Å². The number of carbonyl (C=O) groups is 1. The molecular weight excluding hydrogens is 404 g/mol. The lowest BCUT2D eigenvalue weighted by Gasteiger charge is -2.13. The van der Waals surface area contributed by atoms with Gasteiger partial charge in [-0.3, -0.25) is 14.2 Å². The molecule has 5 nitrogen and oxygen atoms in total. The SMILES string of the molecule is COC(=O)CSc1nc2sc3c(c2c(=O)n1-c1ccc(Cl)cc1)CCCC3. The molecule has 0 saturated heterocycles. The number of aromatic nitrogens is 2. The first-order valence-electron chi connectivity index (χ1n) is 8.61. The van der Waals surface area contributed by atoms with Crippen molar-refractivity contribution in [1.29, 1.82) is 0 Å². The second kappa shape index (κ2) is 7.66. The lowest BCUT2D eigenvalue weighted by Crippen LogP contribution is -2.22. The summed E-state index contributed by atoms with van der Waals surface area (Å²) in [5.41, 5.74) is 1.74. The van der Waals surface area contributed by atoms with Crippen LogP contribution < -0.4 is 5.56 Å². The zero-order chi connectivity index (χ0) is 19.0. The van der Waals surface area contributed by atoms with Crippen molar-refractivity contribution < 1.29 is 9.53 Å². The third-order valence-corrected chi connectivity index (χ3v) is 6.94. The molecule has 8 heteroatoms. The molecule has 1 aromatic carbocycles. The molecule has 1 aliphatic rings. The molecule has 2 aromatic heterocycles. The number of methoxy groups -OCH3 is 1. The molecule has 2 heterocycles. The van der Waals surface area contributed by atoms with Gasteiger partial charge < -0.3 is 4.74 Å². The van der Waals surface area contributed by atoms with Crippen molar-refractivity contribution in [3.63, 3.8) is 0 Å². The van der Waals surface area contributed by atoms with Crippen LogP contribution in [-0.4, -0.2) is 28.4 Å². The summed E-state index contributed by atoms with van der Waals surface area (Å²) >= 11 is 8.81. The Kier molecular flexibility index (Phi) is 5.25. The van der Waals surface area contributed by atoms with Crippen LogP contribution in [0.25, 0.3) is 15.9 Å². The number of aryl methyl sites for hydroxylation is 2. The Morgan fingerprint density at radius 2 is 2.04 bits per heavy atom. The number of thiophene rings is 1. The molecule has 0 saturated carbocycles. The molecule has 4 rings (SSSR count). The molecule has 3 aromatic rings. The van der Waals surface area contributed by atoms with Gasteiger partial charge in [-0.15, -0.1) is 11.3 Å². The molecule has 0 amide bonds. The van der Waals surface area contributed by atoms with E-state index in [1.54, 1.807) is 40.2 Å². The van der Waals surface area contributed by atoms with E-state index in [4.69, 9.17) is 21.3 Å². The highest BCUT2D eigenvalue weighted by atomic mass is 35.5. The third kappa shape index (κ3) is 3.51. The van der Waals surface area contributed by atoms with Crippen molar-refractivity contribution in [2.45, 2.75) is 30.8 Å². The number of rotatable bonds is 4. The van der Waals surface area contributed by atoms with Crippen molar-refractivity contribution in [2.75, 3.05) is 12.9 Å². The van der Waals surface area contributed by atoms with Crippen LogP contribution >= 0.6 is 34.7 Å².